The molecule has 0 saturated heterocycles. The number of nitrogens with zero attached hydrogens (tertiary/aromatic N) is 1. The van der Waals surface area contributed by atoms with Crippen molar-refractivity contribution in [3.8, 4) is 0 Å². The van der Waals surface area contributed by atoms with E-state index in [-0.39, 0.29) is 6.61 Å². The average molecular weight is 321 g/mol. The molecule has 1 aromatic heterocycles. The lowest BCUT2D eigenvalue weighted by molar-refractivity contribution is 0.222. The molecular formula is C15H17BrN2O. The number of rotatable bonds is 3. The van der Waals surface area contributed by atoms with Crippen molar-refractivity contribution in [1.29, 1.82) is 0 Å². The van der Waals surface area contributed by atoms with E-state index in [1.165, 1.54) is 11.8 Å². The van der Waals surface area contributed by atoms with Crippen molar-refractivity contribution in [1.82, 2.24) is 4.98 Å². The van der Waals surface area contributed by atoms with Gasteiger partial charge in [-0.05, 0) is 25.0 Å². The molecule has 100 valence electrons. The highest BCUT2D eigenvalue weighted by Gasteiger charge is 2.27. The second-order valence-corrected chi connectivity index (χ2v) is 5.97. The molecule has 1 saturated carbocycles. The van der Waals surface area contributed by atoms with E-state index in [9.17, 15) is 5.11 Å². The number of aliphatic hydroxyl groups is 1. The molecule has 19 heavy (non-hydrogen) atoms. The van der Waals surface area contributed by atoms with Crippen molar-refractivity contribution in [2.75, 3.05) is 11.9 Å². The highest BCUT2D eigenvalue weighted by Crippen LogP contribution is 2.32. The van der Waals surface area contributed by atoms with Crippen LogP contribution in [0, 0.1) is 5.92 Å². The van der Waals surface area contributed by atoms with Crippen LogP contribution in [0.5, 0.6) is 0 Å². The first-order chi connectivity index (χ1) is 9.29. The van der Waals surface area contributed by atoms with Crippen LogP contribution in [-0.2, 0) is 0 Å². The van der Waals surface area contributed by atoms with Crippen LogP contribution in [0.4, 0.5) is 5.82 Å². The Bertz CT molecular complexity index is 587. The fourth-order valence-electron chi connectivity index (χ4n) is 2.90. The first-order valence-corrected chi connectivity index (χ1v) is 7.49. The number of hydrogen-bond donors (Lipinski definition) is 2. The van der Waals surface area contributed by atoms with Crippen molar-refractivity contribution < 1.29 is 5.11 Å². The van der Waals surface area contributed by atoms with Gasteiger partial charge < -0.3 is 10.4 Å². The molecule has 1 heterocycles. The summed E-state index contributed by atoms with van der Waals surface area (Å²) in [4.78, 5) is 4.47. The van der Waals surface area contributed by atoms with Crippen molar-refractivity contribution >= 4 is 32.5 Å². The molecule has 1 aliphatic carbocycles. The summed E-state index contributed by atoms with van der Waals surface area (Å²) in [6, 6.07) is 8.50. The first kappa shape index (κ1) is 12.9. The van der Waals surface area contributed by atoms with Crippen LogP contribution in [-0.4, -0.2) is 22.7 Å². The predicted octanol–water partition coefficient (Wildman–Crippen LogP) is 3.57. The van der Waals surface area contributed by atoms with Gasteiger partial charge in [-0.3, -0.25) is 0 Å². The van der Waals surface area contributed by atoms with E-state index in [0.29, 0.717) is 12.0 Å². The van der Waals surface area contributed by atoms with E-state index in [4.69, 9.17) is 0 Å². The van der Waals surface area contributed by atoms with Crippen LogP contribution < -0.4 is 5.32 Å². The predicted molar refractivity (Wildman–Crippen MR) is 81.3 cm³/mol. The van der Waals surface area contributed by atoms with E-state index in [2.05, 4.69) is 32.3 Å². The maximum absolute atomic E-state index is 9.40. The summed E-state index contributed by atoms with van der Waals surface area (Å²) < 4.78 is 1.08. The average Bonchev–Trinajstić information content (AvgIpc) is 2.87. The second kappa shape index (κ2) is 5.47. The molecule has 2 N–H and O–H groups in total. The standard InChI is InChI=1S/C15H17BrN2O/c16-13-5-2-4-12-11(13)7-8-17-15(12)18-14-6-1-3-10(14)9-19/h2,4-5,7-8,10,14,19H,1,3,6,9H2,(H,17,18). The lowest BCUT2D eigenvalue weighted by atomic mass is 10.0. The van der Waals surface area contributed by atoms with E-state index >= 15 is 0 Å². The number of halogens is 1. The Morgan fingerprint density at radius 3 is 3.00 bits per heavy atom. The highest BCUT2D eigenvalue weighted by molar-refractivity contribution is 9.10. The Morgan fingerprint density at radius 1 is 1.26 bits per heavy atom. The van der Waals surface area contributed by atoms with Gasteiger partial charge in [0, 0.05) is 40.0 Å². The third kappa shape index (κ3) is 2.47. The molecule has 0 spiro atoms. The summed E-state index contributed by atoms with van der Waals surface area (Å²) in [5, 5.41) is 15.2. The number of anilines is 1. The summed E-state index contributed by atoms with van der Waals surface area (Å²) in [6.07, 6.45) is 5.22. The Balaban J connectivity index is 1.95. The summed E-state index contributed by atoms with van der Waals surface area (Å²) in [5.41, 5.74) is 0. The number of nitrogens with one attached hydrogen (secondary N) is 1. The fourth-order valence-corrected chi connectivity index (χ4v) is 3.40. The van der Waals surface area contributed by atoms with Gasteiger partial charge in [0.1, 0.15) is 5.82 Å². The third-order valence-electron chi connectivity index (χ3n) is 3.97. The van der Waals surface area contributed by atoms with Crippen LogP contribution in [0.25, 0.3) is 10.8 Å². The van der Waals surface area contributed by atoms with E-state index in [1.54, 1.807) is 0 Å². The normalized spacial score (nSPS) is 22.8. The van der Waals surface area contributed by atoms with Gasteiger partial charge in [0.15, 0.2) is 0 Å². The van der Waals surface area contributed by atoms with Gasteiger partial charge in [-0.1, -0.05) is 34.5 Å². The molecule has 0 bridgehead atoms. The SMILES string of the molecule is OCC1CCCC1Nc1nccc2c(Br)cccc12. The molecule has 2 unspecified atom stereocenters. The van der Waals surface area contributed by atoms with Crippen LogP contribution in [0.1, 0.15) is 19.3 Å². The quantitative estimate of drug-likeness (QED) is 0.908. The molecule has 0 amide bonds. The molecule has 4 heteroatoms. The summed E-state index contributed by atoms with van der Waals surface area (Å²) >= 11 is 3.57. The van der Waals surface area contributed by atoms with Crippen LogP contribution in [0.2, 0.25) is 0 Å². The molecule has 2 atom stereocenters. The minimum atomic E-state index is 0.256. The zero-order chi connectivity index (χ0) is 13.2. The van der Waals surface area contributed by atoms with Gasteiger partial charge >= 0.3 is 0 Å². The van der Waals surface area contributed by atoms with E-state index in [0.717, 1.165) is 28.5 Å². The molecule has 3 rings (SSSR count). The van der Waals surface area contributed by atoms with Crippen LogP contribution in [0.3, 0.4) is 0 Å². The highest BCUT2D eigenvalue weighted by atomic mass is 79.9. The van der Waals surface area contributed by atoms with Gasteiger partial charge in [-0.15, -0.1) is 0 Å². The minimum absolute atomic E-state index is 0.256. The third-order valence-corrected chi connectivity index (χ3v) is 4.66. The lowest BCUT2D eigenvalue weighted by Gasteiger charge is -2.20. The van der Waals surface area contributed by atoms with Gasteiger partial charge in [0.25, 0.3) is 0 Å². The number of fused-ring (bicyclic) bond motifs is 1. The van der Waals surface area contributed by atoms with Crippen molar-refractivity contribution in [2.45, 2.75) is 25.3 Å². The van der Waals surface area contributed by atoms with E-state index in [1.807, 2.05) is 24.4 Å². The van der Waals surface area contributed by atoms with Crippen molar-refractivity contribution in [2.24, 2.45) is 5.92 Å². The summed E-state index contributed by atoms with van der Waals surface area (Å²) in [6.45, 7) is 0.256. The van der Waals surface area contributed by atoms with Gasteiger partial charge in [0.05, 0.1) is 0 Å². The van der Waals surface area contributed by atoms with Crippen molar-refractivity contribution in [3.63, 3.8) is 0 Å². The Kier molecular flexibility index (Phi) is 3.71. The molecule has 1 aliphatic rings. The molecule has 1 fully saturated rings. The number of aliphatic hydroxyl groups excluding tert-OH is 1. The Hall–Kier alpha value is -1.13. The summed E-state index contributed by atoms with van der Waals surface area (Å²) in [7, 11) is 0. The number of pyridine rings is 1. The van der Waals surface area contributed by atoms with Gasteiger partial charge in [0.2, 0.25) is 0 Å². The van der Waals surface area contributed by atoms with Crippen molar-refractivity contribution in [3.05, 3.63) is 34.9 Å². The molecule has 0 aliphatic heterocycles. The Morgan fingerprint density at radius 2 is 2.16 bits per heavy atom. The zero-order valence-electron chi connectivity index (χ0n) is 10.6. The topological polar surface area (TPSA) is 45.1 Å². The maximum atomic E-state index is 9.40. The van der Waals surface area contributed by atoms with Gasteiger partial charge in [-0.2, -0.15) is 0 Å². The first-order valence-electron chi connectivity index (χ1n) is 6.70. The number of hydrogen-bond acceptors (Lipinski definition) is 3. The van der Waals surface area contributed by atoms with Crippen LogP contribution in [0.15, 0.2) is 34.9 Å². The molecule has 2 aromatic rings. The molecular weight excluding hydrogens is 304 g/mol. The summed E-state index contributed by atoms with van der Waals surface area (Å²) in [5.74, 6) is 1.27. The Labute approximate surface area is 121 Å². The second-order valence-electron chi connectivity index (χ2n) is 5.12. The molecule has 0 radical (unpaired) electrons. The van der Waals surface area contributed by atoms with Gasteiger partial charge in [-0.25, -0.2) is 4.98 Å². The monoisotopic (exact) mass is 320 g/mol. The lowest BCUT2D eigenvalue weighted by Crippen LogP contribution is -2.26. The minimum Gasteiger partial charge on any atom is -0.396 e. The zero-order valence-corrected chi connectivity index (χ0v) is 12.2. The fraction of sp³-hybridized carbons (Fsp3) is 0.400. The van der Waals surface area contributed by atoms with E-state index < -0.39 is 0 Å². The number of aromatic nitrogens is 1. The largest absolute Gasteiger partial charge is 0.396 e. The smallest absolute Gasteiger partial charge is 0.134 e. The maximum Gasteiger partial charge on any atom is 0.134 e. The number of benzene rings is 1. The molecule has 3 nitrogen and oxygen atoms in total. The molecule has 1 aromatic carbocycles. The van der Waals surface area contributed by atoms with Crippen LogP contribution >= 0.6 is 15.9 Å².